The minimum Gasteiger partial charge on any atom is -0.381 e. The number of rotatable bonds is 4. The van der Waals surface area contributed by atoms with Crippen molar-refractivity contribution in [1.82, 2.24) is 20.2 Å². The fourth-order valence-electron chi connectivity index (χ4n) is 3.42. The molecule has 0 saturated heterocycles. The monoisotopic (exact) mass is 383 g/mol. The lowest BCUT2D eigenvalue weighted by atomic mass is 9.87. The number of nitrogens with one attached hydrogen (secondary N) is 1. The summed E-state index contributed by atoms with van der Waals surface area (Å²) >= 11 is 1.53. The zero-order valence-corrected chi connectivity index (χ0v) is 16.1. The fraction of sp³-hybridized carbons (Fsp3) is 0.421. The maximum absolute atomic E-state index is 12.6. The van der Waals surface area contributed by atoms with Crippen LogP contribution in [0.3, 0.4) is 0 Å². The van der Waals surface area contributed by atoms with Crippen LogP contribution in [0.5, 0.6) is 0 Å². The summed E-state index contributed by atoms with van der Waals surface area (Å²) < 4.78 is 5.38. The van der Waals surface area contributed by atoms with Gasteiger partial charge in [0.1, 0.15) is 15.8 Å². The number of aromatic nitrogens is 4. The molecule has 1 N–H and O–H groups in total. The molecular formula is C19H21N5O2S. The van der Waals surface area contributed by atoms with Crippen molar-refractivity contribution >= 4 is 34.0 Å². The summed E-state index contributed by atoms with van der Waals surface area (Å²) in [6.45, 7) is 1.92. The van der Waals surface area contributed by atoms with Gasteiger partial charge in [-0.2, -0.15) is 0 Å². The molecule has 3 aromatic heterocycles. The van der Waals surface area contributed by atoms with Gasteiger partial charge in [-0.05, 0) is 44.7 Å². The highest BCUT2D eigenvalue weighted by Crippen LogP contribution is 2.28. The van der Waals surface area contributed by atoms with Crippen LogP contribution in [0.25, 0.3) is 21.5 Å². The van der Waals surface area contributed by atoms with Gasteiger partial charge in [0.15, 0.2) is 0 Å². The third-order valence-corrected chi connectivity index (χ3v) is 5.86. The number of carbonyl (C=O) groups is 1. The van der Waals surface area contributed by atoms with Gasteiger partial charge >= 0.3 is 0 Å². The third kappa shape index (κ3) is 3.96. The molecule has 0 aromatic carbocycles. The van der Waals surface area contributed by atoms with Gasteiger partial charge in [-0.25, -0.2) is 4.98 Å². The topological polar surface area (TPSA) is 89.9 Å². The summed E-state index contributed by atoms with van der Waals surface area (Å²) in [5.41, 5.74) is 1.69. The molecule has 1 aliphatic carbocycles. The van der Waals surface area contributed by atoms with Crippen molar-refractivity contribution in [1.29, 1.82) is 0 Å². The van der Waals surface area contributed by atoms with Crippen molar-refractivity contribution in [3.05, 3.63) is 29.5 Å². The lowest BCUT2D eigenvalue weighted by Gasteiger charge is -2.26. The van der Waals surface area contributed by atoms with Crippen molar-refractivity contribution in [3.8, 4) is 10.6 Å². The van der Waals surface area contributed by atoms with Gasteiger partial charge in [0.2, 0.25) is 5.91 Å². The van der Waals surface area contributed by atoms with Crippen molar-refractivity contribution in [3.63, 3.8) is 0 Å². The first kappa shape index (κ1) is 17.9. The van der Waals surface area contributed by atoms with E-state index < -0.39 is 0 Å². The van der Waals surface area contributed by atoms with Gasteiger partial charge in [-0.1, -0.05) is 11.3 Å². The molecule has 3 aromatic rings. The predicted octanol–water partition coefficient (Wildman–Crippen LogP) is 3.60. The molecule has 0 radical (unpaired) electrons. The first-order valence-corrected chi connectivity index (χ1v) is 9.84. The Morgan fingerprint density at radius 1 is 1.15 bits per heavy atom. The number of nitrogens with zero attached hydrogens (tertiary/aromatic N) is 4. The minimum atomic E-state index is 0.0164. The zero-order valence-electron chi connectivity index (χ0n) is 15.3. The maximum Gasteiger partial charge on any atom is 0.228 e. The quantitative estimate of drug-likeness (QED) is 0.740. The number of carbonyl (C=O) groups excluding carboxylic acids is 1. The van der Waals surface area contributed by atoms with E-state index in [0.29, 0.717) is 5.82 Å². The number of hydrogen-bond acceptors (Lipinski definition) is 7. The molecule has 4 rings (SSSR count). The van der Waals surface area contributed by atoms with Crippen molar-refractivity contribution in [2.45, 2.75) is 38.7 Å². The van der Waals surface area contributed by atoms with E-state index in [0.717, 1.165) is 52.2 Å². The van der Waals surface area contributed by atoms with Crippen LogP contribution in [-0.2, 0) is 9.53 Å². The van der Waals surface area contributed by atoms with E-state index >= 15 is 0 Å². The Kier molecular flexibility index (Phi) is 5.09. The van der Waals surface area contributed by atoms with Crippen LogP contribution in [0.15, 0.2) is 24.5 Å². The SMILES string of the molecule is CO[C@H]1CC[C@H](C(=O)Nc2cc3cc(-c4nnc(C)s4)cnc3cn2)CC1. The summed E-state index contributed by atoms with van der Waals surface area (Å²) in [5, 5.41) is 13.8. The number of amides is 1. The average molecular weight is 383 g/mol. The molecule has 1 amide bonds. The summed E-state index contributed by atoms with van der Waals surface area (Å²) in [5.74, 6) is 0.594. The summed E-state index contributed by atoms with van der Waals surface area (Å²) in [7, 11) is 1.73. The number of aryl methyl sites for hydroxylation is 1. The van der Waals surface area contributed by atoms with Crippen LogP contribution >= 0.6 is 11.3 Å². The molecule has 1 fully saturated rings. The molecule has 1 saturated carbocycles. The third-order valence-electron chi connectivity index (χ3n) is 4.97. The van der Waals surface area contributed by atoms with Gasteiger partial charge in [-0.3, -0.25) is 9.78 Å². The number of hydrogen-bond donors (Lipinski definition) is 1. The van der Waals surface area contributed by atoms with Crippen LogP contribution in [0.4, 0.5) is 5.82 Å². The second-order valence-corrected chi connectivity index (χ2v) is 7.99. The molecule has 0 unspecified atom stereocenters. The van der Waals surface area contributed by atoms with Crippen molar-refractivity contribution in [2.75, 3.05) is 12.4 Å². The maximum atomic E-state index is 12.6. The second kappa shape index (κ2) is 7.66. The first-order chi connectivity index (χ1) is 13.1. The molecule has 140 valence electrons. The molecular weight excluding hydrogens is 362 g/mol. The fourth-order valence-corrected chi connectivity index (χ4v) is 4.09. The van der Waals surface area contributed by atoms with Crippen LogP contribution in [0.1, 0.15) is 30.7 Å². The van der Waals surface area contributed by atoms with Crippen LogP contribution in [0, 0.1) is 12.8 Å². The van der Waals surface area contributed by atoms with E-state index in [9.17, 15) is 4.79 Å². The smallest absolute Gasteiger partial charge is 0.228 e. The number of anilines is 1. The molecule has 3 heterocycles. The first-order valence-electron chi connectivity index (χ1n) is 9.02. The van der Waals surface area contributed by atoms with Crippen LogP contribution < -0.4 is 5.32 Å². The van der Waals surface area contributed by atoms with E-state index in [1.165, 1.54) is 11.3 Å². The highest BCUT2D eigenvalue weighted by molar-refractivity contribution is 7.14. The van der Waals surface area contributed by atoms with Crippen molar-refractivity contribution in [2.24, 2.45) is 5.92 Å². The highest BCUT2D eigenvalue weighted by atomic mass is 32.1. The van der Waals surface area contributed by atoms with Gasteiger partial charge in [0.25, 0.3) is 0 Å². The number of ether oxygens (including phenoxy) is 1. The molecule has 8 heteroatoms. The number of methoxy groups -OCH3 is 1. The second-order valence-electron chi connectivity index (χ2n) is 6.81. The Labute approximate surface area is 161 Å². The normalized spacial score (nSPS) is 19.9. The molecule has 7 nitrogen and oxygen atoms in total. The highest BCUT2D eigenvalue weighted by Gasteiger charge is 2.26. The van der Waals surface area contributed by atoms with E-state index in [-0.39, 0.29) is 17.9 Å². The Hall–Kier alpha value is -2.45. The van der Waals surface area contributed by atoms with Crippen LogP contribution in [-0.4, -0.2) is 39.3 Å². The lowest BCUT2D eigenvalue weighted by Crippen LogP contribution is -2.29. The van der Waals surface area contributed by atoms with Crippen LogP contribution in [0.2, 0.25) is 0 Å². The Balaban J connectivity index is 1.51. The largest absolute Gasteiger partial charge is 0.381 e. The number of pyridine rings is 2. The molecule has 0 atom stereocenters. The van der Waals surface area contributed by atoms with Gasteiger partial charge in [0.05, 0.1) is 17.8 Å². The van der Waals surface area contributed by atoms with E-state index in [1.807, 2.05) is 19.1 Å². The Morgan fingerprint density at radius 3 is 2.67 bits per heavy atom. The predicted molar refractivity (Wildman–Crippen MR) is 105 cm³/mol. The summed E-state index contributed by atoms with van der Waals surface area (Å²) in [4.78, 5) is 21.3. The lowest BCUT2D eigenvalue weighted by molar-refractivity contribution is -0.121. The standard InChI is InChI=1S/C19H21N5O2S/c1-11-23-24-19(27-11)14-7-13-8-17(21-10-16(13)20-9-14)22-18(25)12-3-5-15(26-2)6-4-12/h7-10,12,15H,3-6H2,1-2H3,(H,21,22,25)/t12-,15-. The Morgan fingerprint density at radius 2 is 1.96 bits per heavy atom. The van der Waals surface area contributed by atoms with E-state index in [1.54, 1.807) is 19.5 Å². The zero-order chi connectivity index (χ0) is 18.8. The minimum absolute atomic E-state index is 0.0164. The van der Waals surface area contributed by atoms with E-state index in [2.05, 4.69) is 25.5 Å². The molecule has 0 spiro atoms. The average Bonchev–Trinajstić information content (AvgIpc) is 3.14. The summed E-state index contributed by atoms with van der Waals surface area (Å²) in [6, 6.07) is 3.86. The summed E-state index contributed by atoms with van der Waals surface area (Å²) in [6.07, 6.45) is 7.28. The molecule has 1 aliphatic rings. The number of fused-ring (bicyclic) bond motifs is 1. The van der Waals surface area contributed by atoms with Gasteiger partial charge in [-0.15, -0.1) is 10.2 Å². The molecule has 0 aliphatic heterocycles. The Bertz CT molecular complexity index is 966. The van der Waals surface area contributed by atoms with E-state index in [4.69, 9.17) is 4.74 Å². The van der Waals surface area contributed by atoms with Gasteiger partial charge < -0.3 is 10.1 Å². The van der Waals surface area contributed by atoms with Crippen molar-refractivity contribution < 1.29 is 9.53 Å². The molecule has 27 heavy (non-hydrogen) atoms. The van der Waals surface area contributed by atoms with Gasteiger partial charge in [0, 0.05) is 30.2 Å². The molecule has 0 bridgehead atoms.